The van der Waals surface area contributed by atoms with Gasteiger partial charge in [0.1, 0.15) is 11.5 Å². The highest BCUT2D eigenvalue weighted by Crippen LogP contribution is 2.22. The highest BCUT2D eigenvalue weighted by atomic mass is 32.2. The number of ether oxygens (including phenoxy) is 1. The molecule has 1 atom stereocenters. The number of nitrogens with one attached hydrogen (secondary N) is 1. The van der Waals surface area contributed by atoms with Gasteiger partial charge in [0.05, 0.1) is 25.2 Å². The van der Waals surface area contributed by atoms with Crippen LogP contribution in [0.3, 0.4) is 0 Å². The van der Waals surface area contributed by atoms with Crippen molar-refractivity contribution < 1.29 is 22.7 Å². The van der Waals surface area contributed by atoms with Crippen LogP contribution in [0.25, 0.3) is 11.3 Å². The minimum atomic E-state index is -3.50. The summed E-state index contributed by atoms with van der Waals surface area (Å²) >= 11 is 0. The monoisotopic (exact) mass is 401 g/mol. The molecule has 148 valence electrons. The van der Waals surface area contributed by atoms with E-state index in [1.807, 2.05) is 30.3 Å². The van der Waals surface area contributed by atoms with E-state index in [2.05, 4.69) is 4.72 Å². The number of hydrogen-bond donors (Lipinski definition) is 2. The summed E-state index contributed by atoms with van der Waals surface area (Å²) in [4.78, 5) is 0. The van der Waals surface area contributed by atoms with Crippen LogP contribution >= 0.6 is 0 Å². The first-order valence-corrected chi connectivity index (χ1v) is 10.5. The molecule has 0 aliphatic rings. The van der Waals surface area contributed by atoms with E-state index >= 15 is 0 Å². The van der Waals surface area contributed by atoms with Crippen molar-refractivity contribution in [1.29, 1.82) is 0 Å². The fourth-order valence-corrected chi connectivity index (χ4v) is 3.81. The zero-order valence-electron chi connectivity index (χ0n) is 15.5. The van der Waals surface area contributed by atoms with Crippen LogP contribution in [-0.4, -0.2) is 32.9 Å². The second-order valence-electron chi connectivity index (χ2n) is 6.38. The molecule has 3 rings (SSSR count). The van der Waals surface area contributed by atoms with E-state index in [1.54, 1.807) is 43.7 Å². The van der Waals surface area contributed by atoms with Gasteiger partial charge < -0.3 is 14.3 Å². The number of benzene rings is 2. The Morgan fingerprint density at radius 3 is 2.39 bits per heavy atom. The summed E-state index contributed by atoms with van der Waals surface area (Å²) in [6.45, 7) is -0.0783. The van der Waals surface area contributed by atoms with Gasteiger partial charge in [-0.1, -0.05) is 36.4 Å². The van der Waals surface area contributed by atoms with Gasteiger partial charge in [-0.2, -0.15) is 0 Å². The van der Waals surface area contributed by atoms with Crippen molar-refractivity contribution >= 4 is 10.0 Å². The molecule has 2 N–H and O–H groups in total. The van der Waals surface area contributed by atoms with E-state index in [1.165, 1.54) is 0 Å². The summed E-state index contributed by atoms with van der Waals surface area (Å²) in [6, 6.07) is 18.1. The number of aryl methyl sites for hydroxylation is 1. The van der Waals surface area contributed by atoms with E-state index in [0.717, 1.165) is 22.6 Å². The molecule has 28 heavy (non-hydrogen) atoms. The van der Waals surface area contributed by atoms with Gasteiger partial charge in [-0.3, -0.25) is 0 Å². The van der Waals surface area contributed by atoms with Gasteiger partial charge in [0.25, 0.3) is 0 Å². The average Bonchev–Trinajstić information content (AvgIpc) is 3.26. The van der Waals surface area contributed by atoms with E-state index in [-0.39, 0.29) is 12.3 Å². The molecule has 3 aromatic rings. The van der Waals surface area contributed by atoms with Gasteiger partial charge in [-0.15, -0.1) is 0 Å². The van der Waals surface area contributed by atoms with Crippen molar-refractivity contribution in [3.8, 4) is 17.1 Å². The Bertz CT molecular complexity index is 965. The summed E-state index contributed by atoms with van der Waals surface area (Å²) in [5.41, 5.74) is 2.43. The molecule has 0 aliphatic heterocycles. The van der Waals surface area contributed by atoms with Crippen LogP contribution < -0.4 is 9.46 Å². The summed E-state index contributed by atoms with van der Waals surface area (Å²) < 4.78 is 37.3. The highest BCUT2D eigenvalue weighted by Gasteiger charge is 2.15. The van der Waals surface area contributed by atoms with Gasteiger partial charge in [-0.05, 0) is 41.8 Å². The normalized spacial score (nSPS) is 12.6. The number of rotatable bonds is 9. The fourth-order valence-electron chi connectivity index (χ4n) is 2.75. The average molecular weight is 401 g/mol. The van der Waals surface area contributed by atoms with Crippen LogP contribution in [0.2, 0.25) is 0 Å². The van der Waals surface area contributed by atoms with Crippen molar-refractivity contribution in [3.05, 3.63) is 78.1 Å². The second-order valence-corrected chi connectivity index (χ2v) is 8.31. The molecule has 1 heterocycles. The van der Waals surface area contributed by atoms with Gasteiger partial charge in [0.15, 0.2) is 0 Å². The van der Waals surface area contributed by atoms with Gasteiger partial charge in [0.2, 0.25) is 10.0 Å². The van der Waals surface area contributed by atoms with Crippen LogP contribution in [0.15, 0.2) is 71.3 Å². The Morgan fingerprint density at radius 2 is 1.79 bits per heavy atom. The topological polar surface area (TPSA) is 88.8 Å². The molecule has 0 amide bonds. The predicted octanol–water partition coefficient (Wildman–Crippen LogP) is 3.15. The second kappa shape index (κ2) is 9.05. The number of aliphatic hydroxyl groups excluding tert-OH is 1. The largest absolute Gasteiger partial charge is 0.497 e. The van der Waals surface area contributed by atoms with Crippen molar-refractivity contribution in [2.24, 2.45) is 0 Å². The Hall–Kier alpha value is -2.61. The third kappa shape index (κ3) is 5.45. The first kappa shape index (κ1) is 20.1. The summed E-state index contributed by atoms with van der Waals surface area (Å²) in [7, 11) is -1.92. The number of furan rings is 1. The number of hydrogen-bond acceptors (Lipinski definition) is 5. The van der Waals surface area contributed by atoms with E-state index < -0.39 is 16.1 Å². The van der Waals surface area contributed by atoms with E-state index in [0.29, 0.717) is 12.0 Å². The molecular weight excluding hydrogens is 378 g/mol. The molecule has 7 heteroatoms. The molecule has 0 saturated heterocycles. The molecule has 0 fully saturated rings. The molecule has 2 aromatic carbocycles. The molecule has 1 unspecified atom stereocenters. The highest BCUT2D eigenvalue weighted by molar-refractivity contribution is 7.89. The maximum Gasteiger partial charge on any atom is 0.212 e. The Balaban J connectivity index is 1.51. The standard InChI is InChI=1S/C21H23NO5S/c1-26-19-10-4-16(5-11-19)12-14-28(24,25)22-15-20(23)17-6-8-18(9-7-17)21-3-2-13-27-21/h2-11,13,20,22-23H,12,14-15H2,1H3. The van der Waals surface area contributed by atoms with Crippen molar-refractivity contribution in [2.75, 3.05) is 19.4 Å². The SMILES string of the molecule is COc1ccc(CCS(=O)(=O)NCC(O)c2ccc(-c3ccco3)cc2)cc1. The third-order valence-corrected chi connectivity index (χ3v) is 5.76. The van der Waals surface area contributed by atoms with Gasteiger partial charge in [-0.25, -0.2) is 13.1 Å². The molecular formula is C21H23NO5S. The molecule has 0 saturated carbocycles. The first-order valence-electron chi connectivity index (χ1n) is 8.89. The molecule has 0 bridgehead atoms. The maximum absolute atomic E-state index is 12.2. The van der Waals surface area contributed by atoms with Crippen molar-refractivity contribution in [1.82, 2.24) is 4.72 Å². The number of methoxy groups -OCH3 is 1. The Labute approximate surface area is 164 Å². The fraction of sp³-hybridized carbons (Fsp3) is 0.238. The molecule has 0 radical (unpaired) electrons. The molecule has 6 nitrogen and oxygen atoms in total. The van der Waals surface area contributed by atoms with Crippen molar-refractivity contribution in [3.63, 3.8) is 0 Å². The Kier molecular flexibility index (Phi) is 6.51. The lowest BCUT2D eigenvalue weighted by molar-refractivity contribution is 0.182. The van der Waals surface area contributed by atoms with Crippen LogP contribution in [0, 0.1) is 0 Å². The van der Waals surface area contributed by atoms with Gasteiger partial charge in [0, 0.05) is 12.1 Å². The van der Waals surface area contributed by atoms with Crippen molar-refractivity contribution in [2.45, 2.75) is 12.5 Å². The molecule has 0 aliphatic carbocycles. The lowest BCUT2D eigenvalue weighted by atomic mass is 10.1. The van der Waals surface area contributed by atoms with Crippen LogP contribution in [0.1, 0.15) is 17.2 Å². The van der Waals surface area contributed by atoms with Gasteiger partial charge >= 0.3 is 0 Å². The summed E-state index contributed by atoms with van der Waals surface area (Å²) in [6.07, 6.45) is 1.05. The minimum absolute atomic E-state index is 0.0521. The Morgan fingerprint density at radius 1 is 1.07 bits per heavy atom. The zero-order chi connectivity index (χ0) is 20.0. The maximum atomic E-state index is 12.2. The van der Waals surface area contributed by atoms with Crippen LogP contribution in [0.5, 0.6) is 5.75 Å². The smallest absolute Gasteiger partial charge is 0.212 e. The molecule has 0 spiro atoms. The summed E-state index contributed by atoms with van der Waals surface area (Å²) in [5, 5.41) is 10.3. The van der Waals surface area contributed by atoms with E-state index in [4.69, 9.17) is 9.15 Å². The number of aliphatic hydroxyl groups is 1. The van der Waals surface area contributed by atoms with Crippen LogP contribution in [-0.2, 0) is 16.4 Å². The minimum Gasteiger partial charge on any atom is -0.497 e. The lowest BCUT2D eigenvalue weighted by Crippen LogP contribution is -2.31. The zero-order valence-corrected chi connectivity index (χ0v) is 16.4. The first-order chi connectivity index (χ1) is 13.5. The van der Waals surface area contributed by atoms with E-state index in [9.17, 15) is 13.5 Å². The predicted molar refractivity (Wildman–Crippen MR) is 108 cm³/mol. The third-order valence-electron chi connectivity index (χ3n) is 4.42. The molecule has 1 aromatic heterocycles. The number of sulfonamides is 1. The summed E-state index contributed by atoms with van der Waals surface area (Å²) in [5.74, 6) is 1.41. The van der Waals surface area contributed by atoms with Crippen LogP contribution in [0.4, 0.5) is 0 Å². The quantitative estimate of drug-likeness (QED) is 0.575. The lowest BCUT2D eigenvalue weighted by Gasteiger charge is -2.13.